The molecule has 0 aromatic carbocycles. The summed E-state index contributed by atoms with van der Waals surface area (Å²) in [7, 11) is 0. The zero-order chi connectivity index (χ0) is 22.1. The van der Waals surface area contributed by atoms with E-state index >= 15 is 0 Å². The van der Waals surface area contributed by atoms with E-state index in [4.69, 9.17) is 9.47 Å². The van der Waals surface area contributed by atoms with E-state index < -0.39 is 11.2 Å². The Morgan fingerprint density at radius 3 is 2.37 bits per heavy atom. The van der Waals surface area contributed by atoms with E-state index in [2.05, 4.69) is 15.2 Å². The first-order chi connectivity index (χ1) is 13.9. The fourth-order valence-electron chi connectivity index (χ4n) is 3.64. The highest BCUT2D eigenvalue weighted by atomic mass is 16.6. The molecule has 9 nitrogen and oxygen atoms in total. The Balaban J connectivity index is 1.45. The molecule has 2 fully saturated rings. The van der Waals surface area contributed by atoms with Gasteiger partial charge < -0.3 is 29.5 Å². The van der Waals surface area contributed by atoms with Crippen LogP contribution in [0.3, 0.4) is 0 Å². The number of rotatable bonds is 4. The quantitative estimate of drug-likeness (QED) is 0.746. The lowest BCUT2D eigenvalue weighted by molar-refractivity contribution is 0.0137. The Bertz CT molecular complexity index is 678. The van der Waals surface area contributed by atoms with Crippen molar-refractivity contribution in [1.82, 2.24) is 20.0 Å². The molecule has 2 aliphatic heterocycles. The van der Waals surface area contributed by atoms with Gasteiger partial charge in [0.1, 0.15) is 11.2 Å². The maximum Gasteiger partial charge on any atom is 0.410 e. The van der Waals surface area contributed by atoms with Gasteiger partial charge in [0.25, 0.3) is 0 Å². The number of hydrogen-bond donors (Lipinski definition) is 1. The van der Waals surface area contributed by atoms with Crippen molar-refractivity contribution in [2.75, 3.05) is 39.3 Å². The number of ether oxygens (including phenoxy) is 2. The Morgan fingerprint density at radius 2 is 1.77 bits per heavy atom. The SMILES string of the molecule is CC(C)(C)OC(=O)N1CCN2C(NCCN(C(=O)OC(C)(C)C)C3CC3)=NCC2C1. The van der Waals surface area contributed by atoms with Crippen molar-refractivity contribution < 1.29 is 19.1 Å². The first-order valence-electron chi connectivity index (χ1n) is 11.0. The minimum Gasteiger partial charge on any atom is -0.444 e. The molecular formula is C21H37N5O4. The van der Waals surface area contributed by atoms with Crippen LogP contribution in [0.5, 0.6) is 0 Å². The molecule has 0 bridgehead atoms. The molecule has 30 heavy (non-hydrogen) atoms. The zero-order valence-electron chi connectivity index (χ0n) is 19.2. The van der Waals surface area contributed by atoms with Crippen molar-refractivity contribution in [3.05, 3.63) is 0 Å². The van der Waals surface area contributed by atoms with E-state index in [1.54, 1.807) is 4.90 Å². The molecule has 0 aromatic rings. The largest absolute Gasteiger partial charge is 0.444 e. The third-order valence-corrected chi connectivity index (χ3v) is 5.11. The lowest BCUT2D eigenvalue weighted by Crippen LogP contribution is -2.58. The summed E-state index contributed by atoms with van der Waals surface area (Å²) in [4.78, 5) is 35.3. The molecule has 3 aliphatic rings. The number of amides is 2. The van der Waals surface area contributed by atoms with Gasteiger partial charge in [0.2, 0.25) is 0 Å². The van der Waals surface area contributed by atoms with Crippen LogP contribution in [0.15, 0.2) is 4.99 Å². The van der Waals surface area contributed by atoms with Crippen LogP contribution in [-0.2, 0) is 9.47 Å². The van der Waals surface area contributed by atoms with Crippen molar-refractivity contribution in [3.8, 4) is 0 Å². The van der Waals surface area contributed by atoms with E-state index in [0.29, 0.717) is 39.3 Å². The summed E-state index contributed by atoms with van der Waals surface area (Å²) in [5.74, 6) is 0.851. The molecule has 0 radical (unpaired) electrons. The summed E-state index contributed by atoms with van der Waals surface area (Å²) in [6.45, 7) is 15.1. The van der Waals surface area contributed by atoms with Crippen LogP contribution < -0.4 is 5.32 Å². The second kappa shape index (κ2) is 8.51. The van der Waals surface area contributed by atoms with Gasteiger partial charge in [-0.15, -0.1) is 0 Å². The van der Waals surface area contributed by atoms with Crippen LogP contribution in [0.1, 0.15) is 54.4 Å². The summed E-state index contributed by atoms with van der Waals surface area (Å²) in [5, 5.41) is 3.39. The minimum absolute atomic E-state index is 0.166. The van der Waals surface area contributed by atoms with Crippen LogP contribution in [-0.4, -0.2) is 95.4 Å². The van der Waals surface area contributed by atoms with E-state index in [-0.39, 0.29) is 24.3 Å². The molecule has 170 valence electrons. The molecule has 1 unspecified atom stereocenters. The number of nitrogens with one attached hydrogen (secondary N) is 1. The van der Waals surface area contributed by atoms with Crippen molar-refractivity contribution in [2.45, 2.75) is 77.7 Å². The Hall–Kier alpha value is -2.19. The summed E-state index contributed by atoms with van der Waals surface area (Å²) in [5.41, 5.74) is -0.983. The van der Waals surface area contributed by atoms with Crippen molar-refractivity contribution >= 4 is 18.1 Å². The second-order valence-electron chi connectivity index (χ2n) is 10.3. The fourth-order valence-corrected chi connectivity index (χ4v) is 3.64. The van der Waals surface area contributed by atoms with E-state index in [1.165, 1.54) is 0 Å². The normalized spacial score (nSPS) is 21.7. The van der Waals surface area contributed by atoms with Gasteiger partial charge in [-0.05, 0) is 54.4 Å². The average Bonchev–Trinajstić information content (AvgIpc) is 3.35. The van der Waals surface area contributed by atoms with Gasteiger partial charge in [0.05, 0.1) is 12.6 Å². The lowest BCUT2D eigenvalue weighted by Gasteiger charge is -2.39. The molecule has 1 N–H and O–H groups in total. The highest BCUT2D eigenvalue weighted by Crippen LogP contribution is 2.28. The molecule has 1 atom stereocenters. The molecule has 2 amide bonds. The number of fused-ring (bicyclic) bond motifs is 1. The molecule has 1 aliphatic carbocycles. The predicted molar refractivity (Wildman–Crippen MR) is 115 cm³/mol. The van der Waals surface area contributed by atoms with Gasteiger partial charge in [-0.2, -0.15) is 0 Å². The number of aliphatic imine (C=N–C) groups is 1. The maximum atomic E-state index is 12.5. The van der Waals surface area contributed by atoms with Gasteiger partial charge in [-0.1, -0.05) is 0 Å². The highest BCUT2D eigenvalue weighted by molar-refractivity contribution is 5.82. The van der Waals surface area contributed by atoms with Gasteiger partial charge >= 0.3 is 12.2 Å². The predicted octanol–water partition coefficient (Wildman–Crippen LogP) is 2.27. The number of hydrogen-bond acceptors (Lipinski definition) is 7. The first-order valence-corrected chi connectivity index (χ1v) is 11.0. The van der Waals surface area contributed by atoms with Crippen LogP contribution in [0.25, 0.3) is 0 Å². The zero-order valence-corrected chi connectivity index (χ0v) is 19.2. The summed E-state index contributed by atoms with van der Waals surface area (Å²) < 4.78 is 11.0. The summed E-state index contributed by atoms with van der Waals surface area (Å²) >= 11 is 0. The second-order valence-corrected chi connectivity index (χ2v) is 10.3. The van der Waals surface area contributed by atoms with Gasteiger partial charge in [0.15, 0.2) is 5.96 Å². The Labute approximate surface area is 179 Å². The summed E-state index contributed by atoms with van der Waals surface area (Å²) in [6, 6.07) is 0.455. The number of guanidine groups is 1. The van der Waals surface area contributed by atoms with Gasteiger partial charge in [0, 0.05) is 38.8 Å². The molecule has 2 heterocycles. The molecule has 0 spiro atoms. The highest BCUT2D eigenvalue weighted by Gasteiger charge is 2.37. The number of nitrogens with zero attached hydrogens (tertiary/aromatic N) is 4. The Kier molecular flexibility index (Phi) is 6.38. The molecule has 1 saturated heterocycles. The molecule has 9 heteroatoms. The van der Waals surface area contributed by atoms with Gasteiger partial charge in [-0.25, -0.2) is 9.59 Å². The monoisotopic (exact) mass is 423 g/mol. The van der Waals surface area contributed by atoms with Crippen LogP contribution in [0, 0.1) is 0 Å². The van der Waals surface area contributed by atoms with Crippen LogP contribution >= 0.6 is 0 Å². The first kappa shape index (κ1) is 22.5. The standard InChI is InChI=1S/C21H37N5O4/c1-20(2,3)29-18(27)24-11-12-25-16(14-24)13-23-17(25)22-9-10-26(15-7-8-15)19(28)30-21(4,5)6/h15-16H,7-14H2,1-6H3,(H,22,23). The third kappa shape index (κ3) is 6.15. The average molecular weight is 424 g/mol. The number of carbonyl (C=O) groups is 2. The molecule has 0 aromatic heterocycles. The topological polar surface area (TPSA) is 86.7 Å². The van der Waals surface area contributed by atoms with Crippen LogP contribution in [0.2, 0.25) is 0 Å². The lowest BCUT2D eigenvalue weighted by atomic mass is 10.2. The van der Waals surface area contributed by atoms with Crippen molar-refractivity contribution in [3.63, 3.8) is 0 Å². The smallest absolute Gasteiger partial charge is 0.410 e. The molecule has 3 rings (SSSR count). The fraction of sp³-hybridized carbons (Fsp3) is 0.857. The number of carbonyl (C=O) groups excluding carboxylic acids is 2. The van der Waals surface area contributed by atoms with Crippen molar-refractivity contribution in [2.24, 2.45) is 4.99 Å². The van der Waals surface area contributed by atoms with E-state index in [1.807, 2.05) is 46.4 Å². The van der Waals surface area contributed by atoms with E-state index in [9.17, 15) is 9.59 Å². The van der Waals surface area contributed by atoms with Crippen LogP contribution in [0.4, 0.5) is 9.59 Å². The maximum absolute atomic E-state index is 12.5. The third-order valence-electron chi connectivity index (χ3n) is 5.11. The Morgan fingerprint density at radius 1 is 1.10 bits per heavy atom. The minimum atomic E-state index is -0.492. The van der Waals surface area contributed by atoms with Crippen molar-refractivity contribution in [1.29, 1.82) is 0 Å². The summed E-state index contributed by atoms with van der Waals surface area (Å²) in [6.07, 6.45) is 1.56. The number of piperazine rings is 1. The van der Waals surface area contributed by atoms with E-state index in [0.717, 1.165) is 18.8 Å². The van der Waals surface area contributed by atoms with Gasteiger partial charge in [-0.3, -0.25) is 4.99 Å². The molecule has 1 saturated carbocycles. The molecular weight excluding hydrogens is 386 g/mol.